The zero-order chi connectivity index (χ0) is 24.4. The van der Waals surface area contributed by atoms with E-state index in [0.29, 0.717) is 22.3 Å². The minimum Gasteiger partial charge on any atom is -0.481 e. The molecule has 3 aromatic carbocycles. The first kappa shape index (κ1) is 23.6. The van der Waals surface area contributed by atoms with Gasteiger partial charge in [0.25, 0.3) is 5.56 Å². The fourth-order valence-corrected chi connectivity index (χ4v) is 3.95. The summed E-state index contributed by atoms with van der Waals surface area (Å²) in [6.07, 6.45) is 1.32. The number of aryl methyl sites for hydroxylation is 2. The van der Waals surface area contributed by atoms with Gasteiger partial charge in [-0.15, -0.1) is 0 Å². The largest absolute Gasteiger partial charge is 0.481 e. The average Bonchev–Trinajstić information content (AvgIpc) is 2.79. The second kappa shape index (κ2) is 9.74. The van der Waals surface area contributed by atoms with E-state index in [0.717, 1.165) is 20.3 Å². The van der Waals surface area contributed by atoms with Crippen LogP contribution in [0.3, 0.4) is 0 Å². The predicted molar refractivity (Wildman–Crippen MR) is 135 cm³/mol. The first-order valence-corrected chi connectivity index (χ1v) is 11.3. The van der Waals surface area contributed by atoms with E-state index in [1.165, 1.54) is 18.3 Å². The summed E-state index contributed by atoms with van der Waals surface area (Å²) in [5.41, 5.74) is 2.17. The molecule has 4 rings (SSSR count). The van der Waals surface area contributed by atoms with Gasteiger partial charge >= 0.3 is 5.69 Å². The van der Waals surface area contributed by atoms with Crippen molar-refractivity contribution in [3.63, 3.8) is 0 Å². The van der Waals surface area contributed by atoms with Gasteiger partial charge in [0.15, 0.2) is 0 Å². The molecular formula is C24H18BrClN4O4. The third kappa shape index (κ3) is 5.00. The predicted octanol–water partition coefficient (Wildman–Crippen LogP) is 5.80. The molecule has 0 spiro atoms. The fourth-order valence-electron chi connectivity index (χ4n) is 3.31. The quantitative estimate of drug-likeness (QED) is 0.174. The molecule has 0 radical (unpaired) electrons. The summed E-state index contributed by atoms with van der Waals surface area (Å²) in [6.45, 7) is 3.74. The first-order valence-electron chi connectivity index (χ1n) is 10.1. The minimum absolute atomic E-state index is 0.0324. The molecule has 1 aromatic heterocycles. The molecular weight excluding hydrogens is 524 g/mol. The summed E-state index contributed by atoms with van der Waals surface area (Å²) in [6, 6.07) is 15.6. The van der Waals surface area contributed by atoms with E-state index < -0.39 is 4.92 Å². The summed E-state index contributed by atoms with van der Waals surface area (Å²) in [4.78, 5) is 28.4. The van der Waals surface area contributed by atoms with Crippen molar-refractivity contribution in [1.82, 2.24) is 9.66 Å². The van der Waals surface area contributed by atoms with Crippen LogP contribution in [0.25, 0.3) is 10.9 Å². The van der Waals surface area contributed by atoms with Crippen molar-refractivity contribution >= 4 is 50.3 Å². The SMILES string of the molecule is Cc1ccc(COc2c(Cl)cc(C=Nn3c(C)nc4ccc(Br)cc4c3=O)cc2[N+](=O)[O-])cc1. The second-order valence-electron chi connectivity index (χ2n) is 7.56. The monoisotopic (exact) mass is 540 g/mol. The lowest BCUT2D eigenvalue weighted by molar-refractivity contribution is -0.385. The Hall–Kier alpha value is -3.56. The molecule has 0 saturated heterocycles. The Bertz CT molecular complexity index is 1500. The van der Waals surface area contributed by atoms with E-state index in [1.807, 2.05) is 31.2 Å². The van der Waals surface area contributed by atoms with Crippen LogP contribution in [0.1, 0.15) is 22.5 Å². The van der Waals surface area contributed by atoms with Gasteiger partial charge in [0, 0.05) is 16.1 Å². The number of nitro benzene ring substituents is 1. The summed E-state index contributed by atoms with van der Waals surface area (Å²) in [5, 5.41) is 16.4. The smallest absolute Gasteiger partial charge is 0.313 e. The molecule has 0 N–H and O–H groups in total. The molecule has 4 aromatic rings. The second-order valence-corrected chi connectivity index (χ2v) is 8.89. The molecule has 0 amide bonds. The maximum atomic E-state index is 12.9. The number of halogens is 2. The molecule has 8 nitrogen and oxygen atoms in total. The third-order valence-corrected chi connectivity index (χ3v) is 5.81. The molecule has 0 aliphatic carbocycles. The molecule has 0 bridgehead atoms. The van der Waals surface area contributed by atoms with Crippen LogP contribution in [-0.2, 0) is 6.61 Å². The minimum atomic E-state index is -0.569. The number of nitro groups is 1. The number of benzene rings is 3. The van der Waals surface area contributed by atoms with Gasteiger partial charge in [-0.05, 0) is 43.7 Å². The topological polar surface area (TPSA) is 99.6 Å². The summed E-state index contributed by atoms with van der Waals surface area (Å²) < 4.78 is 7.56. The van der Waals surface area contributed by atoms with E-state index in [1.54, 1.807) is 25.1 Å². The Balaban J connectivity index is 1.67. The number of hydrogen-bond donors (Lipinski definition) is 0. The van der Waals surface area contributed by atoms with Crippen LogP contribution < -0.4 is 10.3 Å². The van der Waals surface area contributed by atoms with Gasteiger partial charge in [0.1, 0.15) is 12.4 Å². The van der Waals surface area contributed by atoms with Crippen molar-refractivity contribution in [3.8, 4) is 5.75 Å². The molecule has 10 heteroatoms. The van der Waals surface area contributed by atoms with Gasteiger partial charge < -0.3 is 4.74 Å². The van der Waals surface area contributed by atoms with E-state index in [2.05, 4.69) is 26.0 Å². The van der Waals surface area contributed by atoms with Crippen molar-refractivity contribution in [2.45, 2.75) is 20.5 Å². The zero-order valence-corrected chi connectivity index (χ0v) is 20.5. The highest BCUT2D eigenvalue weighted by Crippen LogP contribution is 2.36. The number of aromatic nitrogens is 2. The molecule has 172 valence electrons. The maximum Gasteiger partial charge on any atom is 0.313 e. The third-order valence-electron chi connectivity index (χ3n) is 5.04. The normalized spacial score (nSPS) is 11.3. The zero-order valence-electron chi connectivity index (χ0n) is 18.2. The molecule has 0 atom stereocenters. The molecule has 0 aliphatic heterocycles. The van der Waals surface area contributed by atoms with Gasteiger partial charge in [-0.3, -0.25) is 14.9 Å². The van der Waals surface area contributed by atoms with Crippen molar-refractivity contribution < 1.29 is 9.66 Å². The van der Waals surface area contributed by atoms with E-state index in [-0.39, 0.29) is 28.6 Å². The van der Waals surface area contributed by atoms with Gasteiger partial charge in [-0.1, -0.05) is 57.4 Å². The van der Waals surface area contributed by atoms with Crippen molar-refractivity contribution in [2.24, 2.45) is 5.10 Å². The van der Waals surface area contributed by atoms with Crippen LogP contribution in [0.2, 0.25) is 5.02 Å². The van der Waals surface area contributed by atoms with E-state index in [4.69, 9.17) is 16.3 Å². The van der Waals surface area contributed by atoms with Crippen LogP contribution in [-0.4, -0.2) is 20.8 Å². The lowest BCUT2D eigenvalue weighted by Crippen LogP contribution is -2.20. The van der Waals surface area contributed by atoms with Crippen molar-refractivity contribution in [1.29, 1.82) is 0 Å². The van der Waals surface area contributed by atoms with Crippen LogP contribution in [0, 0.1) is 24.0 Å². The summed E-state index contributed by atoms with van der Waals surface area (Å²) in [5.74, 6) is 0.338. The van der Waals surface area contributed by atoms with Gasteiger partial charge in [-0.25, -0.2) is 4.98 Å². The molecule has 0 fully saturated rings. The fraction of sp³-hybridized carbons (Fsp3) is 0.125. The summed E-state index contributed by atoms with van der Waals surface area (Å²) in [7, 11) is 0. The van der Waals surface area contributed by atoms with Gasteiger partial charge in [-0.2, -0.15) is 9.78 Å². The highest BCUT2D eigenvalue weighted by atomic mass is 79.9. The number of nitrogens with zero attached hydrogens (tertiary/aromatic N) is 4. The standard InChI is InChI=1S/C24H18BrClN4O4/c1-14-3-5-16(6-4-14)13-34-23-20(26)9-17(10-22(23)30(32)33)12-27-29-15(2)28-21-8-7-18(25)11-19(21)24(29)31/h3-12H,13H2,1-2H3. The number of fused-ring (bicyclic) bond motifs is 1. The number of rotatable bonds is 6. The Morgan fingerprint density at radius 1 is 1.18 bits per heavy atom. The summed E-state index contributed by atoms with van der Waals surface area (Å²) >= 11 is 9.68. The highest BCUT2D eigenvalue weighted by molar-refractivity contribution is 9.10. The first-order chi connectivity index (χ1) is 16.2. The number of hydrogen-bond acceptors (Lipinski definition) is 6. The maximum absolute atomic E-state index is 12.9. The Kier molecular flexibility index (Phi) is 6.76. The van der Waals surface area contributed by atoms with Crippen LogP contribution in [0.5, 0.6) is 5.75 Å². The lowest BCUT2D eigenvalue weighted by Gasteiger charge is -2.10. The lowest BCUT2D eigenvalue weighted by atomic mass is 10.1. The molecule has 34 heavy (non-hydrogen) atoms. The molecule has 1 heterocycles. The molecule has 0 unspecified atom stereocenters. The van der Waals surface area contributed by atoms with Gasteiger partial charge in [0.05, 0.1) is 27.1 Å². The average molecular weight is 542 g/mol. The van der Waals surface area contributed by atoms with Crippen LogP contribution >= 0.6 is 27.5 Å². The van der Waals surface area contributed by atoms with Crippen LogP contribution in [0.15, 0.2) is 69.0 Å². The highest BCUT2D eigenvalue weighted by Gasteiger charge is 2.20. The Morgan fingerprint density at radius 2 is 1.91 bits per heavy atom. The van der Waals surface area contributed by atoms with Crippen molar-refractivity contribution in [2.75, 3.05) is 0 Å². The van der Waals surface area contributed by atoms with E-state index >= 15 is 0 Å². The number of ether oxygens (including phenoxy) is 1. The molecule has 0 saturated carbocycles. The van der Waals surface area contributed by atoms with Gasteiger partial charge in [0.2, 0.25) is 5.75 Å². The Labute approximate surface area is 207 Å². The van der Waals surface area contributed by atoms with Crippen LogP contribution in [0.4, 0.5) is 5.69 Å². The molecule has 0 aliphatic rings. The van der Waals surface area contributed by atoms with Crippen molar-refractivity contribution in [3.05, 3.63) is 107 Å². The van der Waals surface area contributed by atoms with E-state index in [9.17, 15) is 14.9 Å². The Morgan fingerprint density at radius 3 is 2.62 bits per heavy atom.